The number of benzene rings is 2. The number of ether oxygens (including phenoxy) is 2. The van der Waals surface area contributed by atoms with Gasteiger partial charge in [-0.2, -0.15) is 10.1 Å². The average Bonchev–Trinajstić information content (AvgIpc) is 3.15. The van der Waals surface area contributed by atoms with E-state index in [0.29, 0.717) is 11.8 Å². The third-order valence-electron chi connectivity index (χ3n) is 4.07. The Morgan fingerprint density at radius 1 is 1.08 bits per heavy atom. The zero-order valence-electron chi connectivity index (χ0n) is 14.4. The van der Waals surface area contributed by atoms with Gasteiger partial charge in [-0.05, 0) is 24.6 Å². The molecule has 1 aliphatic rings. The smallest absolute Gasteiger partial charge is 0.247 e. The van der Waals surface area contributed by atoms with Crippen LogP contribution in [0.25, 0.3) is 0 Å². The number of aromatic nitrogens is 3. The van der Waals surface area contributed by atoms with Crippen LogP contribution < -0.4 is 19.7 Å². The number of anilines is 3. The van der Waals surface area contributed by atoms with Crippen LogP contribution in [-0.2, 0) is 6.54 Å². The second-order valence-electron chi connectivity index (χ2n) is 5.83. The van der Waals surface area contributed by atoms with E-state index >= 15 is 0 Å². The molecule has 0 radical (unpaired) electrons. The van der Waals surface area contributed by atoms with Crippen LogP contribution in [0.4, 0.5) is 17.5 Å². The van der Waals surface area contributed by atoms with Crippen molar-refractivity contribution < 1.29 is 9.47 Å². The van der Waals surface area contributed by atoms with Gasteiger partial charge >= 0.3 is 0 Å². The quantitative estimate of drug-likeness (QED) is 0.731. The predicted molar refractivity (Wildman–Crippen MR) is 98.8 cm³/mol. The van der Waals surface area contributed by atoms with E-state index in [2.05, 4.69) is 44.5 Å². The standard InChI is InChI=1S/C19H19N5O2/c1-2-24(12-14-6-4-3-5-7-14)19-22-18(11-20-23-19)21-15-8-9-16-17(10-15)26-13-25-16/h3-11H,2,12-13H2,1H3,(H,21,22,23). The lowest BCUT2D eigenvalue weighted by Crippen LogP contribution is -2.24. The van der Waals surface area contributed by atoms with Gasteiger partial charge in [0.15, 0.2) is 17.3 Å². The highest BCUT2D eigenvalue weighted by atomic mass is 16.7. The average molecular weight is 349 g/mol. The van der Waals surface area contributed by atoms with Crippen LogP contribution in [0.2, 0.25) is 0 Å². The Morgan fingerprint density at radius 2 is 1.92 bits per heavy atom. The molecule has 0 atom stereocenters. The van der Waals surface area contributed by atoms with Crippen molar-refractivity contribution >= 4 is 17.5 Å². The minimum absolute atomic E-state index is 0.253. The monoisotopic (exact) mass is 349 g/mol. The van der Waals surface area contributed by atoms with Crippen LogP contribution >= 0.6 is 0 Å². The summed E-state index contributed by atoms with van der Waals surface area (Å²) in [7, 11) is 0. The van der Waals surface area contributed by atoms with E-state index in [-0.39, 0.29) is 6.79 Å². The predicted octanol–water partition coefficient (Wildman–Crippen LogP) is 3.37. The van der Waals surface area contributed by atoms with E-state index in [1.165, 1.54) is 5.56 Å². The van der Waals surface area contributed by atoms with E-state index in [1.54, 1.807) is 6.20 Å². The van der Waals surface area contributed by atoms with E-state index in [1.807, 2.05) is 36.4 Å². The molecule has 2 aromatic carbocycles. The van der Waals surface area contributed by atoms with Crippen molar-refractivity contribution in [3.63, 3.8) is 0 Å². The molecule has 1 aromatic heterocycles. The first-order chi connectivity index (χ1) is 12.8. The number of hydrogen-bond acceptors (Lipinski definition) is 7. The van der Waals surface area contributed by atoms with Crippen LogP contribution in [0, 0.1) is 0 Å². The lowest BCUT2D eigenvalue weighted by Gasteiger charge is -2.20. The van der Waals surface area contributed by atoms with Crippen molar-refractivity contribution in [2.24, 2.45) is 0 Å². The van der Waals surface area contributed by atoms with Gasteiger partial charge in [0.2, 0.25) is 12.7 Å². The number of fused-ring (bicyclic) bond motifs is 1. The molecule has 4 rings (SSSR count). The fraction of sp³-hybridized carbons (Fsp3) is 0.211. The zero-order chi connectivity index (χ0) is 17.8. The molecule has 0 fully saturated rings. The van der Waals surface area contributed by atoms with Gasteiger partial charge in [-0.1, -0.05) is 30.3 Å². The molecule has 7 nitrogen and oxygen atoms in total. The number of nitrogens with zero attached hydrogens (tertiary/aromatic N) is 4. The summed E-state index contributed by atoms with van der Waals surface area (Å²) >= 11 is 0. The summed E-state index contributed by atoms with van der Waals surface area (Å²) < 4.78 is 10.7. The maximum absolute atomic E-state index is 5.40. The summed E-state index contributed by atoms with van der Waals surface area (Å²) in [5, 5.41) is 11.5. The second-order valence-corrected chi connectivity index (χ2v) is 5.83. The van der Waals surface area contributed by atoms with Crippen LogP contribution in [0.15, 0.2) is 54.7 Å². The SMILES string of the molecule is CCN(Cc1ccccc1)c1nncc(Nc2ccc3c(c2)OCO3)n1. The number of rotatable bonds is 6. The molecule has 1 aliphatic heterocycles. The summed E-state index contributed by atoms with van der Waals surface area (Å²) in [5.74, 6) is 2.68. The summed E-state index contributed by atoms with van der Waals surface area (Å²) in [5.41, 5.74) is 2.05. The largest absolute Gasteiger partial charge is 0.454 e. The van der Waals surface area contributed by atoms with Gasteiger partial charge in [-0.25, -0.2) is 0 Å². The lowest BCUT2D eigenvalue weighted by atomic mass is 10.2. The highest BCUT2D eigenvalue weighted by Gasteiger charge is 2.14. The maximum Gasteiger partial charge on any atom is 0.247 e. The molecular formula is C19H19N5O2. The molecule has 0 aliphatic carbocycles. The fourth-order valence-electron chi connectivity index (χ4n) is 2.74. The van der Waals surface area contributed by atoms with Gasteiger partial charge in [0.1, 0.15) is 0 Å². The highest BCUT2D eigenvalue weighted by Crippen LogP contribution is 2.34. The maximum atomic E-state index is 5.40. The van der Waals surface area contributed by atoms with Crippen LogP contribution in [0.1, 0.15) is 12.5 Å². The number of nitrogens with one attached hydrogen (secondary N) is 1. The Labute approximate surface area is 151 Å². The molecule has 26 heavy (non-hydrogen) atoms. The lowest BCUT2D eigenvalue weighted by molar-refractivity contribution is 0.174. The second kappa shape index (κ2) is 7.26. The molecule has 132 valence electrons. The zero-order valence-corrected chi connectivity index (χ0v) is 14.4. The van der Waals surface area contributed by atoms with E-state index < -0.39 is 0 Å². The summed E-state index contributed by atoms with van der Waals surface area (Å²) in [6, 6.07) is 15.9. The fourth-order valence-corrected chi connectivity index (χ4v) is 2.74. The first-order valence-electron chi connectivity index (χ1n) is 8.47. The molecule has 1 N–H and O–H groups in total. The molecule has 0 spiro atoms. The molecule has 7 heteroatoms. The van der Waals surface area contributed by atoms with Crippen LogP contribution in [0.3, 0.4) is 0 Å². The molecule has 0 saturated heterocycles. The van der Waals surface area contributed by atoms with Crippen LogP contribution in [0.5, 0.6) is 11.5 Å². The topological polar surface area (TPSA) is 72.4 Å². The normalized spacial score (nSPS) is 12.0. The number of hydrogen-bond donors (Lipinski definition) is 1. The molecule has 3 aromatic rings. The van der Waals surface area contributed by atoms with Crippen molar-refractivity contribution in [1.82, 2.24) is 15.2 Å². The molecule has 0 amide bonds. The highest BCUT2D eigenvalue weighted by molar-refractivity contribution is 5.61. The Bertz CT molecular complexity index is 888. The summed E-state index contributed by atoms with van der Waals surface area (Å²) in [4.78, 5) is 6.67. The van der Waals surface area contributed by atoms with Gasteiger partial charge in [0, 0.05) is 24.8 Å². The van der Waals surface area contributed by atoms with Crippen molar-refractivity contribution in [3.8, 4) is 11.5 Å². The third kappa shape index (κ3) is 3.51. The third-order valence-corrected chi connectivity index (χ3v) is 4.07. The van der Waals surface area contributed by atoms with Crippen molar-refractivity contribution in [1.29, 1.82) is 0 Å². The van der Waals surface area contributed by atoms with Gasteiger partial charge in [0.25, 0.3) is 0 Å². The first-order valence-corrected chi connectivity index (χ1v) is 8.47. The minimum atomic E-state index is 0.253. The Kier molecular flexibility index (Phi) is 4.51. The van der Waals surface area contributed by atoms with Gasteiger partial charge in [-0.3, -0.25) is 0 Å². The van der Waals surface area contributed by atoms with E-state index in [9.17, 15) is 0 Å². The van der Waals surface area contributed by atoms with Gasteiger partial charge in [-0.15, -0.1) is 5.10 Å². The van der Waals surface area contributed by atoms with Crippen molar-refractivity contribution in [3.05, 3.63) is 60.3 Å². The molecule has 0 bridgehead atoms. The van der Waals surface area contributed by atoms with Crippen molar-refractivity contribution in [2.45, 2.75) is 13.5 Å². The molecular weight excluding hydrogens is 330 g/mol. The van der Waals surface area contributed by atoms with Crippen molar-refractivity contribution in [2.75, 3.05) is 23.6 Å². The van der Waals surface area contributed by atoms with E-state index in [0.717, 1.165) is 30.3 Å². The molecule has 0 saturated carbocycles. The van der Waals surface area contributed by atoms with Gasteiger partial charge < -0.3 is 19.7 Å². The molecule has 0 unspecified atom stereocenters. The Balaban J connectivity index is 1.52. The Hall–Kier alpha value is -3.35. The molecule has 2 heterocycles. The van der Waals surface area contributed by atoms with E-state index in [4.69, 9.17) is 9.47 Å². The summed E-state index contributed by atoms with van der Waals surface area (Å²) in [6.07, 6.45) is 1.60. The van der Waals surface area contributed by atoms with Crippen LogP contribution in [-0.4, -0.2) is 28.5 Å². The summed E-state index contributed by atoms with van der Waals surface area (Å²) in [6.45, 7) is 3.84. The van der Waals surface area contributed by atoms with Gasteiger partial charge in [0.05, 0.1) is 6.20 Å². The first kappa shape index (κ1) is 16.1. The Morgan fingerprint density at radius 3 is 2.77 bits per heavy atom. The minimum Gasteiger partial charge on any atom is -0.454 e.